The van der Waals surface area contributed by atoms with E-state index >= 15 is 0 Å². The molecule has 0 aliphatic rings. The standard InChI is InChI=1S/C29H43N3O3Si/c1-19(2)29(5,6)36(9,10)35-26-23(16-17-25(33)22-14-12-11-13-15-22)24(28(34)31(7)8)18-32-21(4)20(3)30-27(26)32/h11-15,18-19,25,33H,16-17H2,1-10H3/t25-/m1/s1. The third kappa shape index (κ3) is 5.23. The molecule has 0 saturated carbocycles. The zero-order valence-electron chi connectivity index (χ0n) is 23.6. The van der Waals surface area contributed by atoms with Gasteiger partial charge in [-0.1, -0.05) is 58.0 Å². The lowest BCUT2D eigenvalue weighted by Crippen LogP contribution is -2.48. The second-order valence-corrected chi connectivity index (χ2v) is 16.0. The molecular formula is C29H43N3O3Si. The van der Waals surface area contributed by atoms with E-state index in [9.17, 15) is 9.90 Å². The van der Waals surface area contributed by atoms with E-state index in [0.29, 0.717) is 30.1 Å². The van der Waals surface area contributed by atoms with Crippen LogP contribution in [0.15, 0.2) is 36.5 Å². The molecule has 2 aromatic heterocycles. The number of aromatic nitrogens is 2. The minimum atomic E-state index is -2.34. The number of hydrogen-bond donors (Lipinski definition) is 1. The fraction of sp³-hybridized carbons (Fsp3) is 0.517. The molecule has 0 bridgehead atoms. The van der Waals surface area contributed by atoms with Crippen LogP contribution in [-0.4, -0.2) is 47.7 Å². The number of amides is 1. The summed E-state index contributed by atoms with van der Waals surface area (Å²) in [5.74, 6) is 1.03. The van der Waals surface area contributed by atoms with Gasteiger partial charge in [0.2, 0.25) is 0 Å². The summed E-state index contributed by atoms with van der Waals surface area (Å²) in [6.07, 6.45) is 2.22. The summed E-state index contributed by atoms with van der Waals surface area (Å²) in [4.78, 5) is 19.9. The molecular weight excluding hydrogens is 466 g/mol. The van der Waals surface area contributed by atoms with E-state index in [4.69, 9.17) is 9.41 Å². The SMILES string of the molecule is Cc1nc2c(O[Si](C)(C)C(C)(C)C(C)C)c(CC[C@@H](O)c3ccccc3)c(C(=O)N(C)C)cn2c1C. The number of fused-ring (bicyclic) bond motifs is 1. The van der Waals surface area contributed by atoms with Crippen molar-refractivity contribution >= 4 is 19.9 Å². The summed E-state index contributed by atoms with van der Waals surface area (Å²) < 4.78 is 9.04. The fourth-order valence-corrected chi connectivity index (χ4v) is 6.77. The Morgan fingerprint density at radius 3 is 2.33 bits per heavy atom. The van der Waals surface area contributed by atoms with E-state index in [1.165, 1.54) is 0 Å². The summed E-state index contributed by atoms with van der Waals surface area (Å²) in [6, 6.07) is 9.66. The number of nitrogens with zero attached hydrogens (tertiary/aromatic N) is 3. The van der Waals surface area contributed by atoms with E-state index in [0.717, 1.165) is 28.2 Å². The molecule has 3 rings (SSSR count). The molecule has 0 spiro atoms. The Labute approximate surface area is 217 Å². The number of pyridine rings is 1. The zero-order chi connectivity index (χ0) is 27.0. The predicted molar refractivity (Wildman–Crippen MR) is 149 cm³/mol. The van der Waals surface area contributed by atoms with Crippen molar-refractivity contribution in [3.63, 3.8) is 0 Å². The summed E-state index contributed by atoms with van der Waals surface area (Å²) >= 11 is 0. The van der Waals surface area contributed by atoms with E-state index in [-0.39, 0.29) is 10.9 Å². The van der Waals surface area contributed by atoms with Crippen LogP contribution in [0.5, 0.6) is 5.75 Å². The Balaban J connectivity index is 2.22. The summed E-state index contributed by atoms with van der Waals surface area (Å²) in [5.41, 5.74) is 4.92. The predicted octanol–water partition coefficient (Wildman–Crippen LogP) is 6.34. The molecule has 1 N–H and O–H groups in total. The quantitative estimate of drug-likeness (QED) is 0.342. The van der Waals surface area contributed by atoms with Gasteiger partial charge in [-0.3, -0.25) is 4.79 Å². The highest BCUT2D eigenvalue weighted by atomic mass is 28.4. The summed E-state index contributed by atoms with van der Waals surface area (Å²) in [5, 5.41) is 10.9. The molecule has 0 aliphatic carbocycles. The number of rotatable bonds is 9. The maximum Gasteiger partial charge on any atom is 0.255 e. The minimum Gasteiger partial charge on any atom is -0.541 e. The van der Waals surface area contributed by atoms with Crippen LogP contribution in [0.3, 0.4) is 0 Å². The van der Waals surface area contributed by atoms with Crippen molar-refractivity contribution in [2.75, 3.05) is 14.1 Å². The lowest BCUT2D eigenvalue weighted by molar-refractivity contribution is 0.0825. The van der Waals surface area contributed by atoms with Crippen molar-refractivity contribution in [3.8, 4) is 5.75 Å². The largest absolute Gasteiger partial charge is 0.541 e. The van der Waals surface area contributed by atoms with Gasteiger partial charge in [0.15, 0.2) is 11.4 Å². The monoisotopic (exact) mass is 509 g/mol. The van der Waals surface area contributed by atoms with Crippen LogP contribution in [0.2, 0.25) is 18.1 Å². The van der Waals surface area contributed by atoms with Crippen LogP contribution in [0.4, 0.5) is 0 Å². The fourth-order valence-electron chi connectivity index (χ4n) is 4.39. The van der Waals surface area contributed by atoms with Crippen molar-refractivity contribution in [2.45, 2.75) is 78.6 Å². The first kappa shape index (κ1) is 27.9. The van der Waals surface area contributed by atoms with Crippen molar-refractivity contribution in [1.29, 1.82) is 0 Å². The number of hydrogen-bond acceptors (Lipinski definition) is 4. The molecule has 1 aromatic carbocycles. The molecule has 7 heteroatoms. The van der Waals surface area contributed by atoms with Gasteiger partial charge >= 0.3 is 0 Å². The lowest BCUT2D eigenvalue weighted by Gasteiger charge is -2.43. The third-order valence-electron chi connectivity index (χ3n) is 8.29. The molecule has 0 aliphatic heterocycles. The smallest absolute Gasteiger partial charge is 0.255 e. The molecule has 196 valence electrons. The van der Waals surface area contributed by atoms with Gasteiger partial charge in [-0.25, -0.2) is 4.98 Å². The number of aliphatic hydroxyl groups excluding tert-OH is 1. The Morgan fingerprint density at radius 2 is 1.78 bits per heavy atom. The van der Waals surface area contributed by atoms with E-state index < -0.39 is 14.4 Å². The minimum absolute atomic E-state index is 0.0247. The molecule has 1 amide bonds. The lowest BCUT2D eigenvalue weighted by atomic mass is 9.98. The zero-order valence-corrected chi connectivity index (χ0v) is 24.6. The van der Waals surface area contributed by atoms with Crippen molar-refractivity contribution in [3.05, 3.63) is 64.6 Å². The molecule has 3 aromatic rings. The Kier molecular flexibility index (Phi) is 8.06. The van der Waals surface area contributed by atoms with Crippen molar-refractivity contribution < 1.29 is 14.3 Å². The molecule has 6 nitrogen and oxygen atoms in total. The van der Waals surface area contributed by atoms with Gasteiger partial charge in [0.1, 0.15) is 0 Å². The molecule has 0 saturated heterocycles. The molecule has 0 fully saturated rings. The number of carbonyl (C=O) groups is 1. The van der Waals surface area contributed by atoms with Crippen LogP contribution in [0.25, 0.3) is 5.65 Å². The van der Waals surface area contributed by atoms with Gasteiger partial charge in [0, 0.05) is 31.5 Å². The number of carbonyl (C=O) groups excluding carboxylic acids is 1. The average molecular weight is 510 g/mol. The highest BCUT2D eigenvalue weighted by Crippen LogP contribution is 2.46. The second-order valence-electron chi connectivity index (χ2n) is 11.5. The summed E-state index contributed by atoms with van der Waals surface area (Å²) in [7, 11) is 1.19. The number of aliphatic hydroxyl groups is 1. The highest BCUT2D eigenvalue weighted by Gasteiger charge is 2.46. The van der Waals surface area contributed by atoms with E-state index in [1.54, 1.807) is 19.0 Å². The summed E-state index contributed by atoms with van der Waals surface area (Å²) in [6.45, 7) is 17.5. The maximum atomic E-state index is 13.5. The number of aryl methyl sites for hydroxylation is 2. The van der Waals surface area contributed by atoms with Gasteiger partial charge in [0.05, 0.1) is 17.4 Å². The Morgan fingerprint density at radius 1 is 1.17 bits per heavy atom. The first-order valence-corrected chi connectivity index (χ1v) is 15.7. The molecule has 1 atom stereocenters. The van der Waals surface area contributed by atoms with Gasteiger partial charge in [-0.05, 0) is 56.3 Å². The van der Waals surface area contributed by atoms with Crippen LogP contribution in [0, 0.1) is 19.8 Å². The molecule has 36 heavy (non-hydrogen) atoms. The number of benzene rings is 1. The average Bonchev–Trinajstić information content (AvgIpc) is 3.11. The second kappa shape index (κ2) is 10.4. The van der Waals surface area contributed by atoms with Gasteiger partial charge < -0.3 is 18.8 Å². The molecule has 0 radical (unpaired) electrons. The first-order valence-electron chi connectivity index (χ1n) is 12.8. The number of imidazole rings is 1. The van der Waals surface area contributed by atoms with Gasteiger partial charge in [-0.15, -0.1) is 0 Å². The Bertz CT molecular complexity index is 1230. The maximum absolute atomic E-state index is 13.5. The van der Waals surface area contributed by atoms with Crippen molar-refractivity contribution in [2.24, 2.45) is 5.92 Å². The Hall–Kier alpha value is -2.64. The first-order chi connectivity index (χ1) is 16.7. The van der Waals surface area contributed by atoms with Crippen molar-refractivity contribution in [1.82, 2.24) is 14.3 Å². The van der Waals surface area contributed by atoms with Gasteiger partial charge in [-0.2, -0.15) is 0 Å². The van der Waals surface area contributed by atoms with E-state index in [1.807, 2.05) is 54.8 Å². The normalized spacial score (nSPS) is 13.3. The van der Waals surface area contributed by atoms with Crippen LogP contribution in [0.1, 0.15) is 73.1 Å². The third-order valence-corrected chi connectivity index (χ3v) is 12.7. The van der Waals surface area contributed by atoms with Crippen LogP contribution >= 0.6 is 0 Å². The molecule has 2 heterocycles. The molecule has 0 unspecified atom stereocenters. The van der Waals surface area contributed by atoms with Crippen LogP contribution < -0.4 is 4.43 Å². The van der Waals surface area contributed by atoms with Gasteiger partial charge in [0.25, 0.3) is 14.2 Å². The topological polar surface area (TPSA) is 67.1 Å². The van der Waals surface area contributed by atoms with E-state index in [2.05, 4.69) is 40.8 Å². The van der Waals surface area contributed by atoms with Crippen LogP contribution in [-0.2, 0) is 6.42 Å². The highest BCUT2D eigenvalue weighted by molar-refractivity contribution is 6.75.